The topological polar surface area (TPSA) is 378 Å². The van der Waals surface area contributed by atoms with Crippen molar-refractivity contribution in [3.8, 4) is 0 Å². The maximum Gasteiger partial charge on any atom is 0.315 e. The number of hydrogen-bond acceptors (Lipinski definition) is 21. The fourth-order valence-electron chi connectivity index (χ4n) is 8.88. The average molecular weight is 1010 g/mol. The lowest BCUT2D eigenvalue weighted by Gasteiger charge is -2.48. The number of nitrogens with one attached hydrogen (secondary N) is 6. The van der Waals surface area contributed by atoms with E-state index in [0.29, 0.717) is 36.7 Å². The van der Waals surface area contributed by atoms with Crippen molar-refractivity contribution in [2.75, 3.05) is 51.8 Å². The summed E-state index contributed by atoms with van der Waals surface area (Å²) in [5, 5.41) is 112. The smallest absolute Gasteiger partial charge is 0.315 e. The molecule has 25 nitrogen and oxygen atoms in total. The van der Waals surface area contributed by atoms with Gasteiger partial charge >= 0.3 is 6.03 Å². The first-order chi connectivity index (χ1) is 33.1. The number of carbonyl (C=O) groups excluding carboxylic acids is 4. The highest BCUT2D eigenvalue weighted by Gasteiger charge is 2.54. The number of urea groups is 1. The van der Waals surface area contributed by atoms with Gasteiger partial charge in [-0.05, 0) is 43.5 Å². The van der Waals surface area contributed by atoms with Crippen LogP contribution in [0.2, 0.25) is 0 Å². The second kappa shape index (κ2) is 26.3. The Morgan fingerprint density at radius 1 is 0.754 bits per heavy atom. The van der Waals surface area contributed by atoms with Gasteiger partial charge in [-0.15, -0.1) is 0 Å². The highest BCUT2D eigenvalue weighted by Crippen LogP contribution is 2.34. The zero-order valence-corrected chi connectivity index (χ0v) is 38.9. The Labute approximate surface area is 402 Å². The molecule has 5 aliphatic heterocycles. The number of rotatable bonds is 24. The Balaban J connectivity index is 0.909. The summed E-state index contributed by atoms with van der Waals surface area (Å²) in [5.41, 5.74) is 1.27. The van der Waals surface area contributed by atoms with Crippen LogP contribution in [0.15, 0.2) is 24.3 Å². The van der Waals surface area contributed by atoms with Gasteiger partial charge in [0.25, 0.3) is 5.91 Å². The van der Waals surface area contributed by atoms with Gasteiger partial charge in [-0.3, -0.25) is 14.4 Å². The summed E-state index contributed by atoms with van der Waals surface area (Å²) in [6, 6.07) is 5.96. The number of aliphatic hydroxyl groups is 9. The molecule has 26 heteroatoms. The van der Waals surface area contributed by atoms with E-state index in [4.69, 9.17) is 28.4 Å². The molecule has 1 aromatic carbocycles. The molecular formula is C43H68N6O19S. The van der Waals surface area contributed by atoms with Crippen LogP contribution in [0.4, 0.5) is 4.79 Å². The number of amides is 5. The minimum atomic E-state index is -1.95. The molecule has 0 spiro atoms. The molecule has 5 heterocycles. The predicted molar refractivity (Wildman–Crippen MR) is 239 cm³/mol. The van der Waals surface area contributed by atoms with Gasteiger partial charge in [0, 0.05) is 49.5 Å². The van der Waals surface area contributed by atoms with Gasteiger partial charge in [0.15, 0.2) is 18.9 Å². The van der Waals surface area contributed by atoms with E-state index in [1.807, 2.05) is 17.8 Å². The Morgan fingerprint density at radius 3 is 2.16 bits per heavy atom. The lowest BCUT2D eigenvalue weighted by Crippen LogP contribution is -2.68. The molecule has 15 N–H and O–H groups in total. The van der Waals surface area contributed by atoms with Gasteiger partial charge in [-0.1, -0.05) is 18.6 Å². The summed E-state index contributed by atoms with van der Waals surface area (Å²) in [6.45, 7) is 0.233. The van der Waals surface area contributed by atoms with Crippen LogP contribution in [-0.2, 0) is 44.6 Å². The zero-order valence-electron chi connectivity index (χ0n) is 38.1. The number of benzene rings is 1. The first-order valence-corrected chi connectivity index (χ1v) is 24.3. The first kappa shape index (κ1) is 54.9. The predicted octanol–water partition coefficient (Wildman–Crippen LogP) is -5.65. The van der Waals surface area contributed by atoms with Crippen LogP contribution >= 0.6 is 11.8 Å². The van der Waals surface area contributed by atoms with E-state index in [-0.39, 0.29) is 49.6 Å². The van der Waals surface area contributed by atoms with Crippen molar-refractivity contribution < 1.29 is 93.6 Å². The fourth-order valence-corrected chi connectivity index (χ4v) is 10.4. The van der Waals surface area contributed by atoms with Crippen LogP contribution in [0.25, 0.3) is 0 Å². The highest BCUT2D eigenvalue weighted by atomic mass is 32.2. The summed E-state index contributed by atoms with van der Waals surface area (Å²) >= 11 is 1.84. The summed E-state index contributed by atoms with van der Waals surface area (Å²) in [6.07, 6.45) is -20.0. The fraction of sp³-hybridized carbons (Fsp3) is 0.767. The van der Waals surface area contributed by atoms with E-state index in [1.165, 1.54) is 6.92 Å². The Morgan fingerprint density at radius 2 is 1.43 bits per heavy atom. The third kappa shape index (κ3) is 14.4. The molecule has 0 saturated carbocycles. The van der Waals surface area contributed by atoms with Gasteiger partial charge in [-0.2, -0.15) is 11.8 Å². The number of ether oxygens (including phenoxy) is 6. The number of aliphatic hydroxyl groups excluding tert-OH is 9. The van der Waals surface area contributed by atoms with Gasteiger partial charge in [0.05, 0.1) is 38.5 Å². The van der Waals surface area contributed by atoms with E-state index in [9.17, 15) is 65.1 Å². The Bertz CT molecular complexity index is 1830. The molecule has 5 aliphatic rings. The van der Waals surface area contributed by atoms with Gasteiger partial charge in [0.1, 0.15) is 73.2 Å². The van der Waals surface area contributed by atoms with Crippen LogP contribution in [0, 0.1) is 0 Å². The molecule has 69 heavy (non-hydrogen) atoms. The summed E-state index contributed by atoms with van der Waals surface area (Å²) in [5.74, 6) is -0.0667. The van der Waals surface area contributed by atoms with Crippen molar-refractivity contribution in [2.45, 2.75) is 155 Å². The molecule has 0 bridgehead atoms. The number of hydrogen-bond donors (Lipinski definition) is 15. The molecule has 5 amide bonds. The van der Waals surface area contributed by atoms with Crippen molar-refractivity contribution in [1.82, 2.24) is 31.9 Å². The third-order valence-corrected chi connectivity index (χ3v) is 14.1. The van der Waals surface area contributed by atoms with Gasteiger partial charge in [-0.25, -0.2) is 4.79 Å². The lowest BCUT2D eigenvalue weighted by atomic mass is 9.95. The minimum Gasteiger partial charge on any atom is -0.394 e. The lowest BCUT2D eigenvalue weighted by molar-refractivity contribution is -0.376. The van der Waals surface area contributed by atoms with Crippen LogP contribution in [-0.4, -0.2) is 231 Å². The maximum atomic E-state index is 12.9. The number of fused-ring (bicyclic) bond motifs is 1. The van der Waals surface area contributed by atoms with E-state index < -0.39 is 118 Å². The van der Waals surface area contributed by atoms with E-state index in [2.05, 4.69) is 31.9 Å². The molecule has 5 fully saturated rings. The van der Waals surface area contributed by atoms with Crippen molar-refractivity contribution >= 4 is 35.5 Å². The monoisotopic (exact) mass is 1000 g/mol. The molecule has 6 unspecified atom stereocenters. The van der Waals surface area contributed by atoms with Crippen molar-refractivity contribution in [3.05, 3.63) is 35.4 Å². The van der Waals surface area contributed by atoms with Crippen molar-refractivity contribution in [2.24, 2.45) is 0 Å². The molecule has 390 valence electrons. The normalized spacial score (nSPS) is 36.5. The van der Waals surface area contributed by atoms with E-state index >= 15 is 0 Å². The maximum absolute atomic E-state index is 12.9. The molecule has 6 rings (SSSR count). The van der Waals surface area contributed by atoms with Crippen LogP contribution < -0.4 is 31.9 Å². The Kier molecular flexibility index (Phi) is 21.0. The molecule has 1 aromatic rings. The quantitative estimate of drug-likeness (QED) is 0.0339. The van der Waals surface area contributed by atoms with Crippen LogP contribution in [0.5, 0.6) is 0 Å². The van der Waals surface area contributed by atoms with Gasteiger partial charge in [0.2, 0.25) is 11.8 Å². The SMILES string of the molecule is CC(=O)NC1[C@H](OCCCNCc2cccc(C(=O)NCCNC(=O)CCCC[C@@H]3SC[C@@H]4NC(=O)N[C@@H]43)c2)OC(CO)[C@@H](O[C@@H]2OC(CO)[C@H](O)[C@H](O[C@H]3OC(CO)[C@H](O)C(O)[C@@H]3O)C2O)[C@@H]1O. The largest absolute Gasteiger partial charge is 0.394 e. The minimum absolute atomic E-state index is 0.0554. The van der Waals surface area contributed by atoms with Crippen molar-refractivity contribution in [3.63, 3.8) is 0 Å². The van der Waals surface area contributed by atoms with Crippen molar-refractivity contribution in [1.29, 1.82) is 0 Å². The molecule has 0 radical (unpaired) electrons. The second-order valence-corrected chi connectivity index (χ2v) is 18.9. The standard InChI is InChI=1S/C43H68N6O19S/c1-20(53)47-30-33(57)37(67-42-36(60)38(32(56)25(17-51)65-42)68-41-35(59)34(58)31(55)24(16-50)64-41)26(18-52)66-40(30)63-13-5-10-44-15-21-6-4-7-22(14-21)39(61)46-12-11-45-28(54)9-3-2-8-27-29-23(19-69-27)48-43(62)49-29/h4,6-7,14,23-27,29-38,40-42,44,50-52,55-60H,2-3,5,8-13,15-19H2,1H3,(H,45,54)(H,46,61)(H,47,53)(H2,48,49,62)/t23-,24?,25?,26?,27-,29-,30?,31-,32-,33+,34?,35-,36?,37+,38-,40+,41+,42-/m0/s1. The van der Waals surface area contributed by atoms with Crippen LogP contribution in [0.3, 0.4) is 0 Å². The molecule has 0 aliphatic carbocycles. The number of carbonyl (C=O) groups is 4. The van der Waals surface area contributed by atoms with E-state index in [1.54, 1.807) is 18.2 Å². The average Bonchev–Trinajstić information content (AvgIpc) is 3.90. The number of unbranched alkanes of at least 4 members (excludes halogenated alkanes) is 1. The first-order valence-electron chi connectivity index (χ1n) is 23.2. The van der Waals surface area contributed by atoms with Gasteiger partial charge < -0.3 is 106 Å². The summed E-state index contributed by atoms with van der Waals surface area (Å²) in [4.78, 5) is 49.1. The second-order valence-electron chi connectivity index (χ2n) is 17.6. The molecule has 5 saturated heterocycles. The molecular weight excluding hydrogens is 937 g/mol. The number of thioether (sulfide) groups is 1. The molecule has 0 aromatic heterocycles. The Hall–Kier alpha value is -3.39. The summed E-state index contributed by atoms with van der Waals surface area (Å²) in [7, 11) is 0. The molecule has 18 atom stereocenters. The zero-order chi connectivity index (χ0) is 49.8. The van der Waals surface area contributed by atoms with E-state index in [0.717, 1.165) is 30.6 Å². The third-order valence-electron chi connectivity index (χ3n) is 12.6. The van der Waals surface area contributed by atoms with Crippen LogP contribution in [0.1, 0.15) is 54.9 Å². The summed E-state index contributed by atoms with van der Waals surface area (Å²) < 4.78 is 34.3. The highest BCUT2D eigenvalue weighted by molar-refractivity contribution is 8.00.